The van der Waals surface area contributed by atoms with E-state index in [1.807, 2.05) is 6.08 Å². The summed E-state index contributed by atoms with van der Waals surface area (Å²) in [5.41, 5.74) is 1.47. The van der Waals surface area contributed by atoms with Crippen molar-refractivity contribution in [1.82, 2.24) is 0 Å². The van der Waals surface area contributed by atoms with E-state index in [0.717, 1.165) is 25.2 Å². The van der Waals surface area contributed by atoms with Crippen molar-refractivity contribution in [2.75, 3.05) is 6.61 Å². The van der Waals surface area contributed by atoms with E-state index < -0.39 is 0 Å². The fourth-order valence-corrected chi connectivity index (χ4v) is 1.24. The van der Waals surface area contributed by atoms with Crippen LogP contribution in [0.15, 0.2) is 23.5 Å². The van der Waals surface area contributed by atoms with Crippen molar-refractivity contribution in [2.24, 2.45) is 0 Å². The van der Waals surface area contributed by atoms with Gasteiger partial charge >= 0.3 is 0 Å². The first-order chi connectivity index (χ1) is 4.47. The number of rotatable bonds is 0. The summed E-state index contributed by atoms with van der Waals surface area (Å²) in [6.07, 6.45) is 8.52. The van der Waals surface area contributed by atoms with E-state index in [2.05, 4.69) is 12.5 Å². The molecular formula is C8H9O. The van der Waals surface area contributed by atoms with E-state index in [-0.39, 0.29) is 0 Å². The molecule has 0 N–H and O–H groups in total. The Morgan fingerprint density at radius 3 is 3.33 bits per heavy atom. The average Bonchev–Trinajstić information content (AvgIpc) is 2.33. The molecule has 0 bridgehead atoms. The lowest BCUT2D eigenvalue weighted by Gasteiger charge is -2.04. The molecule has 0 fully saturated rings. The van der Waals surface area contributed by atoms with Gasteiger partial charge in [-0.3, -0.25) is 0 Å². The predicted octanol–water partition coefficient (Wildman–Crippen LogP) is 1.82. The third kappa shape index (κ3) is 0.766. The highest BCUT2D eigenvalue weighted by atomic mass is 16.5. The van der Waals surface area contributed by atoms with Crippen LogP contribution in [0.2, 0.25) is 0 Å². The molecule has 0 spiro atoms. The molecule has 0 amide bonds. The van der Waals surface area contributed by atoms with Crippen LogP contribution in [-0.2, 0) is 4.74 Å². The molecule has 0 aromatic heterocycles. The number of hydrogen-bond donors (Lipinski definition) is 0. The van der Waals surface area contributed by atoms with Crippen molar-refractivity contribution in [3.63, 3.8) is 0 Å². The molecule has 1 nitrogen and oxygen atoms in total. The summed E-state index contributed by atoms with van der Waals surface area (Å²) in [4.78, 5) is 0. The zero-order chi connectivity index (χ0) is 6.10. The first-order valence-corrected chi connectivity index (χ1v) is 3.31. The fraction of sp³-hybridized carbons (Fsp3) is 0.375. The fourth-order valence-electron chi connectivity index (χ4n) is 1.24. The second kappa shape index (κ2) is 1.90. The Kier molecular flexibility index (Phi) is 1.08. The van der Waals surface area contributed by atoms with Crippen molar-refractivity contribution in [3.05, 3.63) is 29.9 Å². The van der Waals surface area contributed by atoms with Gasteiger partial charge in [0.05, 0.1) is 6.61 Å². The minimum Gasteiger partial charge on any atom is -0.493 e. The molecule has 1 heterocycles. The van der Waals surface area contributed by atoms with Crippen molar-refractivity contribution in [1.29, 1.82) is 0 Å². The smallest absolute Gasteiger partial charge is 0.118 e. The molecule has 47 valence electrons. The molecule has 0 unspecified atom stereocenters. The van der Waals surface area contributed by atoms with E-state index in [1.54, 1.807) is 0 Å². The van der Waals surface area contributed by atoms with Crippen LogP contribution < -0.4 is 0 Å². The Hall–Kier alpha value is -0.720. The molecule has 1 aliphatic heterocycles. The SMILES string of the molecule is [CH]1C=CC2=C(C1)CCO2. The zero-order valence-electron chi connectivity index (χ0n) is 5.26. The second-order valence-corrected chi connectivity index (χ2v) is 2.37. The molecule has 2 rings (SSSR count). The first-order valence-electron chi connectivity index (χ1n) is 3.31. The van der Waals surface area contributed by atoms with Crippen LogP contribution in [0.4, 0.5) is 0 Å². The summed E-state index contributed by atoms with van der Waals surface area (Å²) in [5, 5.41) is 0. The molecule has 0 atom stereocenters. The summed E-state index contributed by atoms with van der Waals surface area (Å²) in [6.45, 7) is 0.892. The minimum atomic E-state index is 0.892. The molecule has 1 heteroatoms. The van der Waals surface area contributed by atoms with Gasteiger partial charge in [0.1, 0.15) is 5.76 Å². The highest BCUT2D eigenvalue weighted by Crippen LogP contribution is 2.27. The van der Waals surface area contributed by atoms with Gasteiger partial charge in [-0.1, -0.05) is 6.08 Å². The van der Waals surface area contributed by atoms with Crippen LogP contribution in [0, 0.1) is 6.42 Å². The summed E-state index contributed by atoms with van der Waals surface area (Å²) >= 11 is 0. The maximum atomic E-state index is 5.33. The summed E-state index contributed by atoms with van der Waals surface area (Å²) in [7, 11) is 0. The van der Waals surface area contributed by atoms with Crippen LogP contribution >= 0.6 is 0 Å². The van der Waals surface area contributed by atoms with Gasteiger partial charge in [0.2, 0.25) is 0 Å². The van der Waals surface area contributed by atoms with E-state index >= 15 is 0 Å². The molecule has 0 aromatic rings. The molecule has 9 heavy (non-hydrogen) atoms. The Labute approximate surface area is 55.0 Å². The Balaban J connectivity index is 2.28. The third-order valence-electron chi connectivity index (χ3n) is 1.76. The van der Waals surface area contributed by atoms with Gasteiger partial charge in [-0.05, 0) is 24.5 Å². The van der Waals surface area contributed by atoms with Gasteiger partial charge < -0.3 is 4.74 Å². The summed E-state index contributed by atoms with van der Waals surface area (Å²) in [5.74, 6) is 1.12. The second-order valence-electron chi connectivity index (χ2n) is 2.37. The van der Waals surface area contributed by atoms with E-state index in [9.17, 15) is 0 Å². The third-order valence-corrected chi connectivity index (χ3v) is 1.76. The average molecular weight is 121 g/mol. The maximum Gasteiger partial charge on any atom is 0.118 e. The molecule has 1 radical (unpaired) electrons. The zero-order valence-corrected chi connectivity index (χ0v) is 5.26. The standard InChI is InChI=1S/C8H9O/c1-2-4-8-7(3-1)5-6-9-8/h1-2,4H,3,5-6H2. The summed E-state index contributed by atoms with van der Waals surface area (Å²) < 4.78 is 5.33. The van der Waals surface area contributed by atoms with Crippen LogP contribution in [0.25, 0.3) is 0 Å². The molecule has 2 aliphatic rings. The molecule has 0 aromatic carbocycles. The van der Waals surface area contributed by atoms with Gasteiger partial charge in [-0.15, -0.1) is 0 Å². The number of ether oxygens (including phenoxy) is 1. The van der Waals surface area contributed by atoms with Crippen LogP contribution in [0.5, 0.6) is 0 Å². The molecular weight excluding hydrogens is 112 g/mol. The Morgan fingerprint density at radius 2 is 2.44 bits per heavy atom. The number of allylic oxidation sites excluding steroid dienone is 2. The monoisotopic (exact) mass is 121 g/mol. The first kappa shape index (κ1) is 5.10. The minimum absolute atomic E-state index is 0.892. The lowest BCUT2D eigenvalue weighted by molar-refractivity contribution is 0.257. The highest BCUT2D eigenvalue weighted by Gasteiger charge is 2.14. The van der Waals surface area contributed by atoms with Crippen molar-refractivity contribution in [3.8, 4) is 0 Å². The molecule has 0 saturated heterocycles. The molecule has 1 aliphatic carbocycles. The van der Waals surface area contributed by atoms with Crippen LogP contribution in [0.1, 0.15) is 12.8 Å². The molecule has 0 saturated carbocycles. The maximum absolute atomic E-state index is 5.33. The topological polar surface area (TPSA) is 9.23 Å². The normalized spacial score (nSPS) is 24.0. The van der Waals surface area contributed by atoms with Gasteiger partial charge in [0.15, 0.2) is 0 Å². The Bertz CT molecular complexity index is 177. The quantitative estimate of drug-likeness (QED) is 0.475. The predicted molar refractivity (Wildman–Crippen MR) is 35.7 cm³/mol. The van der Waals surface area contributed by atoms with Crippen LogP contribution in [0.3, 0.4) is 0 Å². The summed E-state index contributed by atoms with van der Waals surface area (Å²) in [6, 6.07) is 0. The highest BCUT2D eigenvalue weighted by molar-refractivity contribution is 5.31. The van der Waals surface area contributed by atoms with Gasteiger partial charge in [-0.25, -0.2) is 0 Å². The Morgan fingerprint density at radius 1 is 1.44 bits per heavy atom. The van der Waals surface area contributed by atoms with Crippen molar-refractivity contribution >= 4 is 0 Å². The van der Waals surface area contributed by atoms with Gasteiger partial charge in [-0.2, -0.15) is 0 Å². The van der Waals surface area contributed by atoms with Gasteiger partial charge in [0.25, 0.3) is 0 Å². The number of hydrogen-bond acceptors (Lipinski definition) is 1. The van der Waals surface area contributed by atoms with E-state index in [0.29, 0.717) is 0 Å². The largest absolute Gasteiger partial charge is 0.493 e. The van der Waals surface area contributed by atoms with Crippen LogP contribution in [-0.4, -0.2) is 6.61 Å². The van der Waals surface area contributed by atoms with Crippen molar-refractivity contribution < 1.29 is 4.74 Å². The van der Waals surface area contributed by atoms with E-state index in [4.69, 9.17) is 4.74 Å². The lowest BCUT2D eigenvalue weighted by atomic mass is 10.0. The van der Waals surface area contributed by atoms with Gasteiger partial charge in [0, 0.05) is 6.42 Å². The van der Waals surface area contributed by atoms with Crippen molar-refractivity contribution in [2.45, 2.75) is 12.8 Å². The van der Waals surface area contributed by atoms with E-state index in [1.165, 1.54) is 5.57 Å². The lowest BCUT2D eigenvalue weighted by Crippen LogP contribution is -1.87.